The molecule has 3 aromatic rings. The number of aryl methyl sites for hydroxylation is 1. The maximum absolute atomic E-state index is 13.1. The van der Waals surface area contributed by atoms with Gasteiger partial charge in [-0.25, -0.2) is 13.4 Å². The number of methoxy groups -OCH3 is 1. The van der Waals surface area contributed by atoms with Gasteiger partial charge in [-0.05, 0) is 29.8 Å². The van der Waals surface area contributed by atoms with Crippen molar-refractivity contribution in [3.8, 4) is 5.75 Å². The van der Waals surface area contributed by atoms with Crippen LogP contribution in [0, 0.1) is 0 Å². The summed E-state index contributed by atoms with van der Waals surface area (Å²) < 4.78 is 34.6. The molecule has 1 aliphatic rings. The molecule has 0 radical (unpaired) electrons. The van der Waals surface area contributed by atoms with Crippen molar-refractivity contribution in [2.75, 3.05) is 25.5 Å². The van der Waals surface area contributed by atoms with Crippen molar-refractivity contribution in [2.45, 2.75) is 17.0 Å². The van der Waals surface area contributed by atoms with Gasteiger partial charge in [0.1, 0.15) is 5.75 Å². The summed E-state index contributed by atoms with van der Waals surface area (Å²) in [7, 11) is -0.262. The van der Waals surface area contributed by atoms with E-state index in [9.17, 15) is 8.42 Å². The standard InChI is InChI=1S/C21H24N4O3S/c1-24-14-21(22-15-24)29(26,27)25-12-19(16-6-4-3-5-7-16)20(13-25)23-17-8-10-18(28-2)11-9-17/h3-11,14-15,19-20,23H,12-13H2,1-2H3. The molecule has 0 saturated carbocycles. The molecule has 0 aliphatic carbocycles. The Balaban J connectivity index is 1.62. The molecule has 1 N–H and O–H groups in total. The van der Waals surface area contributed by atoms with Crippen molar-refractivity contribution in [1.82, 2.24) is 13.9 Å². The maximum atomic E-state index is 13.1. The van der Waals surface area contributed by atoms with E-state index in [-0.39, 0.29) is 17.0 Å². The van der Waals surface area contributed by atoms with Gasteiger partial charge in [-0.1, -0.05) is 30.3 Å². The number of imidazole rings is 1. The van der Waals surface area contributed by atoms with Crippen LogP contribution >= 0.6 is 0 Å². The van der Waals surface area contributed by atoms with Crippen LogP contribution in [0.5, 0.6) is 5.75 Å². The van der Waals surface area contributed by atoms with Gasteiger partial charge < -0.3 is 14.6 Å². The molecule has 0 bridgehead atoms. The van der Waals surface area contributed by atoms with Gasteiger partial charge in [-0.3, -0.25) is 0 Å². The van der Waals surface area contributed by atoms with Crippen molar-refractivity contribution in [3.63, 3.8) is 0 Å². The zero-order chi connectivity index (χ0) is 20.4. The van der Waals surface area contributed by atoms with E-state index in [2.05, 4.69) is 10.3 Å². The van der Waals surface area contributed by atoms with E-state index in [1.54, 1.807) is 18.7 Å². The minimum atomic E-state index is -3.65. The Hall–Kier alpha value is -2.84. The van der Waals surface area contributed by atoms with Crippen molar-refractivity contribution in [2.24, 2.45) is 7.05 Å². The van der Waals surface area contributed by atoms with Gasteiger partial charge in [-0.15, -0.1) is 0 Å². The third-order valence-corrected chi connectivity index (χ3v) is 6.96. The lowest BCUT2D eigenvalue weighted by Gasteiger charge is -2.21. The van der Waals surface area contributed by atoms with Crippen LogP contribution in [-0.4, -0.2) is 48.5 Å². The third-order valence-electron chi connectivity index (χ3n) is 5.24. The van der Waals surface area contributed by atoms with E-state index in [0.717, 1.165) is 17.0 Å². The number of ether oxygens (including phenoxy) is 1. The Labute approximate surface area is 171 Å². The highest BCUT2D eigenvalue weighted by atomic mass is 32.2. The molecule has 2 heterocycles. The second-order valence-corrected chi connectivity index (χ2v) is 9.08. The Morgan fingerprint density at radius 2 is 1.79 bits per heavy atom. The first kappa shape index (κ1) is 19.5. The SMILES string of the molecule is COc1ccc(NC2CN(S(=O)(=O)c3cn(C)cn3)CC2c2ccccc2)cc1. The molecular formula is C21H24N4O3S. The van der Waals surface area contributed by atoms with Crippen LogP contribution in [-0.2, 0) is 17.1 Å². The topological polar surface area (TPSA) is 76.5 Å². The zero-order valence-corrected chi connectivity index (χ0v) is 17.2. The van der Waals surface area contributed by atoms with Gasteiger partial charge in [0.2, 0.25) is 0 Å². The summed E-state index contributed by atoms with van der Waals surface area (Å²) >= 11 is 0. The van der Waals surface area contributed by atoms with Gasteiger partial charge in [0.25, 0.3) is 10.0 Å². The van der Waals surface area contributed by atoms with Gasteiger partial charge in [0, 0.05) is 44.0 Å². The predicted octanol–water partition coefficient (Wildman–Crippen LogP) is 2.70. The van der Waals surface area contributed by atoms with Crippen LogP contribution < -0.4 is 10.1 Å². The van der Waals surface area contributed by atoms with Crippen LogP contribution in [0.1, 0.15) is 11.5 Å². The predicted molar refractivity (Wildman–Crippen MR) is 112 cm³/mol. The highest BCUT2D eigenvalue weighted by Gasteiger charge is 2.40. The van der Waals surface area contributed by atoms with Crippen molar-refractivity contribution >= 4 is 15.7 Å². The minimum absolute atomic E-state index is 0.0248. The number of sulfonamides is 1. The molecule has 4 rings (SSSR count). The lowest BCUT2D eigenvalue weighted by Crippen LogP contribution is -2.32. The Kier molecular flexibility index (Phi) is 5.29. The van der Waals surface area contributed by atoms with Crippen molar-refractivity contribution in [1.29, 1.82) is 0 Å². The number of nitrogens with zero attached hydrogens (tertiary/aromatic N) is 3. The lowest BCUT2D eigenvalue weighted by atomic mass is 9.94. The summed E-state index contributed by atoms with van der Waals surface area (Å²) in [5, 5.41) is 3.59. The van der Waals surface area contributed by atoms with E-state index < -0.39 is 10.0 Å². The van der Waals surface area contributed by atoms with Gasteiger partial charge in [-0.2, -0.15) is 4.31 Å². The van der Waals surface area contributed by atoms with E-state index in [0.29, 0.717) is 13.1 Å². The number of rotatable bonds is 6. The van der Waals surface area contributed by atoms with Gasteiger partial charge in [0.15, 0.2) is 5.03 Å². The number of anilines is 1. The lowest BCUT2D eigenvalue weighted by molar-refractivity contribution is 0.415. The summed E-state index contributed by atoms with van der Waals surface area (Å²) in [5.41, 5.74) is 2.03. The molecule has 0 spiro atoms. The Morgan fingerprint density at radius 1 is 1.07 bits per heavy atom. The smallest absolute Gasteiger partial charge is 0.262 e. The van der Waals surface area contributed by atoms with Crippen LogP contribution in [0.15, 0.2) is 72.1 Å². The van der Waals surface area contributed by atoms with Crippen molar-refractivity contribution < 1.29 is 13.2 Å². The third kappa shape index (κ3) is 3.99. The monoisotopic (exact) mass is 412 g/mol. The summed E-state index contributed by atoms with van der Waals surface area (Å²) in [4.78, 5) is 4.06. The number of benzene rings is 2. The number of nitrogens with one attached hydrogen (secondary N) is 1. The van der Waals surface area contributed by atoms with E-state index in [1.165, 1.54) is 16.8 Å². The van der Waals surface area contributed by atoms with E-state index in [1.807, 2.05) is 54.6 Å². The number of aromatic nitrogens is 2. The molecule has 2 atom stereocenters. The molecule has 1 aromatic heterocycles. The molecule has 2 aromatic carbocycles. The highest BCUT2D eigenvalue weighted by Crippen LogP contribution is 2.33. The first-order valence-corrected chi connectivity index (χ1v) is 10.8. The van der Waals surface area contributed by atoms with Crippen LogP contribution in [0.2, 0.25) is 0 Å². The van der Waals surface area contributed by atoms with Gasteiger partial charge in [0.05, 0.1) is 13.4 Å². The summed E-state index contributed by atoms with van der Waals surface area (Å²) in [5.74, 6) is 0.803. The molecule has 1 fully saturated rings. The largest absolute Gasteiger partial charge is 0.497 e. The van der Waals surface area contributed by atoms with Crippen LogP contribution in [0.4, 0.5) is 5.69 Å². The average molecular weight is 413 g/mol. The quantitative estimate of drug-likeness (QED) is 0.674. The maximum Gasteiger partial charge on any atom is 0.262 e. The Bertz CT molecular complexity index is 1060. The molecule has 152 valence electrons. The van der Waals surface area contributed by atoms with E-state index >= 15 is 0 Å². The van der Waals surface area contributed by atoms with Crippen LogP contribution in [0.3, 0.4) is 0 Å². The summed E-state index contributed by atoms with van der Waals surface area (Å²) in [6, 6.07) is 17.6. The van der Waals surface area contributed by atoms with Crippen LogP contribution in [0.25, 0.3) is 0 Å². The van der Waals surface area contributed by atoms with Crippen molar-refractivity contribution in [3.05, 3.63) is 72.7 Å². The molecule has 29 heavy (non-hydrogen) atoms. The van der Waals surface area contributed by atoms with Gasteiger partial charge >= 0.3 is 0 Å². The first-order chi connectivity index (χ1) is 14.0. The second-order valence-electron chi connectivity index (χ2n) is 7.20. The Morgan fingerprint density at radius 3 is 2.41 bits per heavy atom. The number of hydrogen-bond donors (Lipinski definition) is 1. The molecular weight excluding hydrogens is 388 g/mol. The molecule has 0 amide bonds. The minimum Gasteiger partial charge on any atom is -0.497 e. The first-order valence-electron chi connectivity index (χ1n) is 9.41. The fourth-order valence-corrected chi connectivity index (χ4v) is 5.16. The summed E-state index contributed by atoms with van der Waals surface area (Å²) in [6.07, 6.45) is 3.04. The molecule has 1 aliphatic heterocycles. The zero-order valence-electron chi connectivity index (χ0n) is 16.4. The molecule has 8 heteroatoms. The molecule has 7 nitrogen and oxygen atoms in total. The highest BCUT2D eigenvalue weighted by molar-refractivity contribution is 7.89. The summed E-state index contributed by atoms with van der Waals surface area (Å²) in [6.45, 7) is 0.765. The fourth-order valence-electron chi connectivity index (χ4n) is 3.70. The molecule has 2 unspecified atom stereocenters. The second kappa shape index (κ2) is 7.88. The number of hydrogen-bond acceptors (Lipinski definition) is 5. The average Bonchev–Trinajstić information content (AvgIpc) is 3.36. The molecule has 1 saturated heterocycles. The normalized spacial score (nSPS) is 19.9. The van der Waals surface area contributed by atoms with E-state index in [4.69, 9.17) is 4.74 Å². The fraction of sp³-hybridized carbons (Fsp3) is 0.286.